The Morgan fingerprint density at radius 3 is 2.32 bits per heavy atom. The average molecular weight is 524 g/mol. The number of amides is 2. The highest BCUT2D eigenvalue weighted by molar-refractivity contribution is 5.87. The highest BCUT2D eigenvalue weighted by atomic mass is 16.9. The first kappa shape index (κ1) is 28.2. The van der Waals surface area contributed by atoms with Crippen LogP contribution in [0.5, 0.6) is 0 Å². The largest absolute Gasteiger partial charge is 0.347 e. The normalized spacial score (nSPS) is 11.7. The average Bonchev–Trinajstić information content (AvgIpc) is 3.43. The molecule has 0 aliphatic carbocycles. The van der Waals surface area contributed by atoms with Crippen molar-refractivity contribution in [3.63, 3.8) is 0 Å². The monoisotopic (exact) mass is 523 g/mol. The second kappa shape index (κ2) is 13.3. The van der Waals surface area contributed by atoms with E-state index in [2.05, 4.69) is 25.5 Å². The molecule has 12 nitrogen and oxygen atoms in total. The molecule has 0 saturated heterocycles. The predicted octanol–water partition coefficient (Wildman–Crippen LogP) is 3.35. The minimum Gasteiger partial charge on any atom is -0.347 e. The fraction of sp³-hybridized carbons (Fsp3) is 0.423. The Bertz CT molecular complexity index is 1210. The van der Waals surface area contributed by atoms with Gasteiger partial charge >= 0.3 is 0 Å². The van der Waals surface area contributed by atoms with Gasteiger partial charge in [-0.15, -0.1) is 20.3 Å². The zero-order chi connectivity index (χ0) is 27.7. The topological polar surface area (TPSA) is 147 Å². The summed E-state index contributed by atoms with van der Waals surface area (Å²) >= 11 is 0. The molecule has 1 aromatic heterocycles. The van der Waals surface area contributed by atoms with E-state index in [9.17, 15) is 19.7 Å². The molecule has 0 unspecified atom stereocenters. The number of hydrogen-bond donors (Lipinski definition) is 1. The van der Waals surface area contributed by atoms with Crippen LogP contribution < -0.4 is 0 Å². The lowest BCUT2D eigenvalue weighted by atomic mass is 9.97. The van der Waals surface area contributed by atoms with Crippen LogP contribution in [0.2, 0.25) is 0 Å². The van der Waals surface area contributed by atoms with E-state index in [0.717, 1.165) is 22.3 Å². The maximum Gasteiger partial charge on any atom is 0.294 e. The Morgan fingerprint density at radius 1 is 1.05 bits per heavy atom. The molecular weight excluding hydrogens is 490 g/mol. The Balaban J connectivity index is 1.82. The highest BCUT2D eigenvalue weighted by Crippen LogP contribution is 2.30. The number of nitrogens with one attached hydrogen (secondary N) is 1. The molecule has 0 radical (unpaired) electrons. The number of benzene rings is 2. The molecule has 1 atom stereocenters. The molecule has 12 heteroatoms. The number of unbranched alkanes of at least 4 members (excludes halogenated alkanes) is 1. The van der Waals surface area contributed by atoms with Crippen molar-refractivity contribution < 1.29 is 19.5 Å². The molecule has 2 aromatic carbocycles. The predicted molar refractivity (Wildman–Crippen MR) is 140 cm³/mol. The van der Waals surface area contributed by atoms with Gasteiger partial charge in [-0.1, -0.05) is 62.4 Å². The molecule has 202 valence electrons. The van der Waals surface area contributed by atoms with Gasteiger partial charge in [0.1, 0.15) is 6.04 Å². The van der Waals surface area contributed by atoms with E-state index in [0.29, 0.717) is 18.7 Å². The van der Waals surface area contributed by atoms with Crippen molar-refractivity contribution >= 4 is 11.8 Å². The minimum absolute atomic E-state index is 0.0721. The van der Waals surface area contributed by atoms with E-state index >= 15 is 0 Å². The number of aromatic amines is 1. The number of nitrogens with zero attached hydrogens (tertiary/aromatic N) is 6. The van der Waals surface area contributed by atoms with E-state index in [1.165, 1.54) is 4.90 Å². The van der Waals surface area contributed by atoms with Gasteiger partial charge in [-0.25, -0.2) is 0 Å². The molecule has 1 N–H and O–H groups in total. The van der Waals surface area contributed by atoms with Crippen LogP contribution in [0, 0.1) is 16.0 Å². The van der Waals surface area contributed by atoms with Crippen molar-refractivity contribution in [2.75, 3.05) is 20.7 Å². The lowest BCUT2D eigenvalue weighted by Gasteiger charge is -2.35. The SMILES string of the molecule is CC(C)[C@@H](C(=O)N(C)C)N(Cc1ccc(-c2ccccc2-c2nn[nH]n2)cc1)C(=O)CCCCO[N+](=O)[O-]. The van der Waals surface area contributed by atoms with E-state index in [1.54, 1.807) is 19.0 Å². The van der Waals surface area contributed by atoms with Crippen LogP contribution in [0.25, 0.3) is 22.5 Å². The summed E-state index contributed by atoms with van der Waals surface area (Å²) in [5.41, 5.74) is 3.59. The number of tetrazole rings is 1. The number of H-pyrrole nitrogens is 1. The van der Waals surface area contributed by atoms with Crippen LogP contribution in [-0.4, -0.2) is 74.1 Å². The quantitative estimate of drug-likeness (QED) is 0.204. The van der Waals surface area contributed by atoms with E-state index in [4.69, 9.17) is 0 Å². The standard InChI is InChI=1S/C26H33N7O5/c1-18(2)24(26(35)31(3)4)32(23(34)11-7-8-16-38-33(36)37)17-19-12-14-20(15-13-19)21-9-5-6-10-22(21)25-27-29-30-28-25/h5-6,9-10,12-15,18,24H,7-8,11,16-17H2,1-4H3,(H,27,28,29,30)/t24-/m0/s1. The van der Waals surface area contributed by atoms with Crippen molar-refractivity contribution in [2.45, 2.75) is 45.7 Å². The van der Waals surface area contributed by atoms with Crippen LogP contribution in [0.1, 0.15) is 38.7 Å². The summed E-state index contributed by atoms with van der Waals surface area (Å²) in [7, 11) is 3.34. The maximum atomic E-state index is 13.3. The molecule has 2 amide bonds. The minimum atomic E-state index is -0.844. The van der Waals surface area contributed by atoms with E-state index in [-0.39, 0.29) is 37.3 Å². The molecule has 38 heavy (non-hydrogen) atoms. The lowest BCUT2D eigenvalue weighted by molar-refractivity contribution is -0.757. The molecule has 3 aromatic rings. The number of aromatic nitrogens is 4. The van der Waals surface area contributed by atoms with Gasteiger partial charge in [-0.3, -0.25) is 9.59 Å². The van der Waals surface area contributed by atoms with Gasteiger partial charge in [-0.05, 0) is 40.7 Å². The van der Waals surface area contributed by atoms with Crippen molar-refractivity contribution in [1.82, 2.24) is 30.4 Å². The molecule has 0 bridgehead atoms. The van der Waals surface area contributed by atoms with Crippen molar-refractivity contribution in [3.8, 4) is 22.5 Å². The molecule has 0 saturated carbocycles. The van der Waals surface area contributed by atoms with Crippen LogP contribution in [0.3, 0.4) is 0 Å². The van der Waals surface area contributed by atoms with Crippen molar-refractivity contribution in [1.29, 1.82) is 0 Å². The van der Waals surface area contributed by atoms with Crippen LogP contribution in [-0.2, 0) is 21.0 Å². The second-order valence-electron chi connectivity index (χ2n) is 9.44. The summed E-state index contributed by atoms with van der Waals surface area (Å²) < 4.78 is 0. The molecular formula is C26H33N7O5. The second-order valence-corrected chi connectivity index (χ2v) is 9.44. The smallest absolute Gasteiger partial charge is 0.294 e. The number of likely N-dealkylation sites (N-methyl/N-ethyl adjacent to an activating group) is 1. The van der Waals surface area contributed by atoms with Crippen LogP contribution >= 0.6 is 0 Å². The van der Waals surface area contributed by atoms with Crippen LogP contribution in [0.15, 0.2) is 48.5 Å². The summed E-state index contributed by atoms with van der Waals surface area (Å²) in [4.78, 5) is 44.2. The molecule has 1 heterocycles. The van der Waals surface area contributed by atoms with Gasteiger partial charge in [0.15, 0.2) is 0 Å². The molecule has 0 spiro atoms. The van der Waals surface area contributed by atoms with Crippen molar-refractivity contribution in [3.05, 3.63) is 64.2 Å². The van der Waals surface area contributed by atoms with Gasteiger partial charge in [0.25, 0.3) is 5.09 Å². The van der Waals surface area contributed by atoms with Gasteiger partial charge in [-0.2, -0.15) is 5.21 Å². The number of carbonyl (C=O) groups is 2. The van der Waals surface area contributed by atoms with Gasteiger partial charge in [0.2, 0.25) is 17.6 Å². The third-order valence-electron chi connectivity index (χ3n) is 6.09. The fourth-order valence-corrected chi connectivity index (χ4v) is 4.24. The fourth-order valence-electron chi connectivity index (χ4n) is 4.24. The molecule has 0 fully saturated rings. The summed E-state index contributed by atoms with van der Waals surface area (Å²) in [5, 5.41) is 23.8. The van der Waals surface area contributed by atoms with Crippen LogP contribution in [0.4, 0.5) is 0 Å². The Morgan fingerprint density at radius 2 is 1.74 bits per heavy atom. The summed E-state index contributed by atoms with van der Waals surface area (Å²) in [6, 6.07) is 14.9. The zero-order valence-electron chi connectivity index (χ0n) is 22.0. The van der Waals surface area contributed by atoms with E-state index < -0.39 is 11.1 Å². The number of carbonyl (C=O) groups excluding carboxylic acids is 2. The third-order valence-corrected chi connectivity index (χ3v) is 6.09. The molecule has 3 rings (SSSR count). The van der Waals surface area contributed by atoms with E-state index in [1.807, 2.05) is 62.4 Å². The Labute approximate surface area is 221 Å². The van der Waals surface area contributed by atoms with Gasteiger partial charge in [0.05, 0.1) is 6.61 Å². The van der Waals surface area contributed by atoms with Crippen molar-refractivity contribution in [2.24, 2.45) is 5.92 Å². The Kier molecular flexibility index (Phi) is 9.85. The summed E-state index contributed by atoms with van der Waals surface area (Å²) in [6.07, 6.45) is 0.931. The first-order chi connectivity index (χ1) is 18.2. The number of rotatable bonds is 13. The third kappa shape index (κ3) is 7.34. The molecule has 0 aliphatic rings. The summed E-state index contributed by atoms with van der Waals surface area (Å²) in [5.74, 6) is 0.0297. The lowest BCUT2D eigenvalue weighted by Crippen LogP contribution is -2.51. The summed E-state index contributed by atoms with van der Waals surface area (Å²) in [6.45, 7) is 4.00. The maximum absolute atomic E-state index is 13.3. The first-order valence-corrected chi connectivity index (χ1v) is 12.4. The zero-order valence-corrected chi connectivity index (χ0v) is 22.0. The molecule has 0 aliphatic heterocycles. The van der Waals surface area contributed by atoms with Gasteiger partial charge < -0.3 is 14.6 Å². The number of hydrogen-bond acceptors (Lipinski definition) is 8. The van der Waals surface area contributed by atoms with Gasteiger partial charge in [0, 0.05) is 32.6 Å². The first-order valence-electron chi connectivity index (χ1n) is 12.4. The highest BCUT2D eigenvalue weighted by Gasteiger charge is 2.33. The Hall–Kier alpha value is -4.35.